The fourth-order valence-electron chi connectivity index (χ4n) is 1.22. The molecule has 3 nitrogen and oxygen atoms in total. The highest BCUT2D eigenvalue weighted by atomic mass is 32.2. The van der Waals surface area contributed by atoms with Crippen molar-refractivity contribution in [1.29, 1.82) is 0 Å². The quantitative estimate of drug-likeness (QED) is 0.816. The number of halogens is 1. The van der Waals surface area contributed by atoms with E-state index in [0.717, 1.165) is 5.56 Å². The Labute approximate surface area is 102 Å². The van der Waals surface area contributed by atoms with Gasteiger partial charge in [0.1, 0.15) is 6.61 Å². The molecule has 0 N–H and O–H groups in total. The normalized spacial score (nSPS) is 11.8. The van der Waals surface area contributed by atoms with E-state index >= 15 is 0 Å². The highest BCUT2D eigenvalue weighted by Gasteiger charge is 2.16. The Hall–Kier alpha value is -1.10. The van der Waals surface area contributed by atoms with Crippen LogP contribution in [0.15, 0.2) is 18.2 Å². The van der Waals surface area contributed by atoms with Crippen LogP contribution in [-0.2, 0) is 9.84 Å². The minimum Gasteiger partial charge on any atom is -0.489 e. The van der Waals surface area contributed by atoms with Crippen LogP contribution in [0.5, 0.6) is 5.75 Å². The molecular formula is C12H17FO3S. The molecule has 0 heterocycles. The van der Waals surface area contributed by atoms with E-state index in [2.05, 4.69) is 0 Å². The largest absolute Gasteiger partial charge is 0.489 e. The van der Waals surface area contributed by atoms with Gasteiger partial charge in [-0.05, 0) is 38.5 Å². The van der Waals surface area contributed by atoms with Crippen LogP contribution in [0.3, 0.4) is 0 Å². The van der Waals surface area contributed by atoms with Gasteiger partial charge >= 0.3 is 0 Å². The van der Waals surface area contributed by atoms with Crippen molar-refractivity contribution in [2.75, 3.05) is 12.4 Å². The van der Waals surface area contributed by atoms with Crippen molar-refractivity contribution >= 4 is 9.84 Å². The van der Waals surface area contributed by atoms with Crippen molar-refractivity contribution in [3.8, 4) is 5.75 Å². The van der Waals surface area contributed by atoms with Gasteiger partial charge in [-0.15, -0.1) is 0 Å². The van der Waals surface area contributed by atoms with Gasteiger partial charge in [-0.25, -0.2) is 12.8 Å². The molecule has 5 heteroatoms. The van der Waals surface area contributed by atoms with Gasteiger partial charge in [0.2, 0.25) is 0 Å². The van der Waals surface area contributed by atoms with E-state index in [1.807, 2.05) is 6.92 Å². The third-order valence-corrected chi connectivity index (χ3v) is 4.60. The Bertz CT molecular complexity index is 481. The first-order valence-electron chi connectivity index (χ1n) is 5.43. The molecule has 0 aromatic heterocycles. The summed E-state index contributed by atoms with van der Waals surface area (Å²) in [5, 5.41) is -0.437. The van der Waals surface area contributed by atoms with Gasteiger partial charge in [0.25, 0.3) is 0 Å². The zero-order valence-corrected chi connectivity index (χ0v) is 11.1. The summed E-state index contributed by atoms with van der Waals surface area (Å²) in [7, 11) is -3.14. The molecule has 1 rings (SSSR count). The van der Waals surface area contributed by atoms with E-state index in [9.17, 15) is 12.8 Å². The van der Waals surface area contributed by atoms with Gasteiger partial charge in [0.15, 0.2) is 21.4 Å². The highest BCUT2D eigenvalue weighted by molar-refractivity contribution is 7.91. The zero-order valence-electron chi connectivity index (χ0n) is 10.2. The first-order valence-corrected chi connectivity index (χ1v) is 7.15. The fourth-order valence-corrected chi connectivity index (χ4v) is 2.01. The van der Waals surface area contributed by atoms with Gasteiger partial charge < -0.3 is 4.74 Å². The third-order valence-electron chi connectivity index (χ3n) is 2.43. The maximum atomic E-state index is 13.3. The average Bonchev–Trinajstić information content (AvgIpc) is 2.22. The first-order chi connectivity index (χ1) is 7.83. The number of rotatable bonds is 5. The van der Waals surface area contributed by atoms with Gasteiger partial charge in [-0.2, -0.15) is 0 Å². The molecule has 0 aliphatic rings. The van der Waals surface area contributed by atoms with Gasteiger partial charge in [-0.1, -0.05) is 6.07 Å². The molecule has 96 valence electrons. The Balaban J connectivity index is 2.60. The standard InChI is InChI=1S/C12H17FO3S/c1-9(2)17(14,15)7-6-16-12-8-10(3)4-5-11(12)13/h4-5,8-9H,6-7H2,1-3H3. The van der Waals surface area contributed by atoms with Crippen molar-refractivity contribution in [3.63, 3.8) is 0 Å². The second kappa shape index (κ2) is 5.49. The minimum atomic E-state index is -3.14. The predicted octanol–water partition coefficient (Wildman–Crippen LogP) is 2.34. The summed E-state index contributed by atoms with van der Waals surface area (Å²) in [5.41, 5.74) is 0.869. The van der Waals surface area contributed by atoms with Gasteiger partial charge in [0.05, 0.1) is 11.0 Å². The van der Waals surface area contributed by atoms with Crippen LogP contribution in [0.1, 0.15) is 19.4 Å². The molecule has 17 heavy (non-hydrogen) atoms. The van der Waals surface area contributed by atoms with Crippen LogP contribution in [0.4, 0.5) is 4.39 Å². The smallest absolute Gasteiger partial charge is 0.165 e. The Morgan fingerprint density at radius 1 is 1.35 bits per heavy atom. The molecule has 0 atom stereocenters. The summed E-state index contributed by atoms with van der Waals surface area (Å²) >= 11 is 0. The lowest BCUT2D eigenvalue weighted by molar-refractivity contribution is 0.322. The van der Waals surface area contributed by atoms with Crippen LogP contribution in [0.25, 0.3) is 0 Å². The summed E-state index contributed by atoms with van der Waals surface area (Å²) in [5.74, 6) is -0.473. The molecule has 1 aromatic carbocycles. The maximum Gasteiger partial charge on any atom is 0.165 e. The first kappa shape index (κ1) is 14.0. The van der Waals surface area contributed by atoms with Gasteiger partial charge in [-0.3, -0.25) is 0 Å². The predicted molar refractivity (Wildman–Crippen MR) is 65.6 cm³/mol. The summed E-state index contributed by atoms with van der Waals surface area (Å²) in [6.07, 6.45) is 0. The number of hydrogen-bond acceptors (Lipinski definition) is 3. The topological polar surface area (TPSA) is 43.4 Å². The number of ether oxygens (including phenoxy) is 1. The lowest BCUT2D eigenvalue weighted by Crippen LogP contribution is -2.22. The molecule has 0 fully saturated rings. The van der Waals surface area contributed by atoms with Gasteiger partial charge in [0, 0.05) is 0 Å². The molecule has 0 radical (unpaired) electrons. The van der Waals surface area contributed by atoms with E-state index in [-0.39, 0.29) is 18.1 Å². The van der Waals surface area contributed by atoms with Crippen LogP contribution >= 0.6 is 0 Å². The third kappa shape index (κ3) is 4.00. The molecule has 1 aromatic rings. The maximum absolute atomic E-state index is 13.3. The number of hydrogen-bond donors (Lipinski definition) is 0. The van der Waals surface area contributed by atoms with Crippen LogP contribution in [-0.4, -0.2) is 26.0 Å². The molecule has 0 spiro atoms. The summed E-state index contributed by atoms with van der Waals surface area (Å²) < 4.78 is 41.4. The van der Waals surface area contributed by atoms with Crippen molar-refractivity contribution in [3.05, 3.63) is 29.6 Å². The van der Waals surface area contributed by atoms with E-state index < -0.39 is 20.9 Å². The van der Waals surface area contributed by atoms with Crippen molar-refractivity contribution in [2.24, 2.45) is 0 Å². The van der Waals surface area contributed by atoms with E-state index in [0.29, 0.717) is 0 Å². The molecular weight excluding hydrogens is 243 g/mol. The van der Waals surface area contributed by atoms with Crippen molar-refractivity contribution < 1.29 is 17.5 Å². The Morgan fingerprint density at radius 3 is 2.59 bits per heavy atom. The molecule has 0 aliphatic heterocycles. The Morgan fingerprint density at radius 2 is 2.00 bits per heavy atom. The van der Waals surface area contributed by atoms with Crippen LogP contribution in [0, 0.1) is 12.7 Å². The molecule has 0 amide bonds. The van der Waals surface area contributed by atoms with Crippen molar-refractivity contribution in [2.45, 2.75) is 26.0 Å². The second-order valence-corrected chi connectivity index (χ2v) is 6.87. The molecule has 0 bridgehead atoms. The van der Waals surface area contributed by atoms with Crippen LogP contribution < -0.4 is 4.74 Å². The summed E-state index contributed by atoms with van der Waals surface area (Å²) in [6, 6.07) is 4.49. The molecule has 0 aliphatic carbocycles. The lowest BCUT2D eigenvalue weighted by atomic mass is 10.2. The fraction of sp³-hybridized carbons (Fsp3) is 0.500. The Kier molecular flexibility index (Phi) is 4.51. The molecule has 0 saturated heterocycles. The second-order valence-electron chi connectivity index (χ2n) is 4.20. The highest BCUT2D eigenvalue weighted by Crippen LogP contribution is 2.18. The monoisotopic (exact) mass is 260 g/mol. The molecule has 0 saturated carbocycles. The molecule has 0 unspecified atom stereocenters. The average molecular weight is 260 g/mol. The number of benzene rings is 1. The zero-order chi connectivity index (χ0) is 13.1. The number of aryl methyl sites for hydroxylation is 1. The van der Waals surface area contributed by atoms with Crippen molar-refractivity contribution in [1.82, 2.24) is 0 Å². The van der Waals surface area contributed by atoms with E-state index in [1.54, 1.807) is 26.0 Å². The van der Waals surface area contributed by atoms with E-state index in [4.69, 9.17) is 4.74 Å². The summed E-state index contributed by atoms with van der Waals surface area (Å²) in [6.45, 7) is 5.02. The van der Waals surface area contributed by atoms with Crippen LogP contribution in [0.2, 0.25) is 0 Å². The van der Waals surface area contributed by atoms with E-state index in [1.165, 1.54) is 6.07 Å². The number of sulfone groups is 1. The summed E-state index contributed by atoms with van der Waals surface area (Å²) in [4.78, 5) is 0. The lowest BCUT2D eigenvalue weighted by Gasteiger charge is -2.10. The SMILES string of the molecule is Cc1ccc(F)c(OCCS(=O)(=O)C(C)C)c1. The minimum absolute atomic E-state index is 0.0269.